The van der Waals surface area contributed by atoms with E-state index in [4.69, 9.17) is 0 Å². The van der Waals surface area contributed by atoms with E-state index in [-0.39, 0.29) is 0 Å². The molecule has 114 valence electrons. The van der Waals surface area contributed by atoms with Gasteiger partial charge in [0.05, 0.1) is 4.90 Å². The van der Waals surface area contributed by atoms with Gasteiger partial charge in [-0.15, -0.1) is 0 Å². The van der Waals surface area contributed by atoms with Gasteiger partial charge in [0.2, 0.25) is 10.0 Å². The fraction of sp³-hybridized carbons (Fsp3) is 0.176. The molecule has 2 N–H and O–H groups in total. The third-order valence-electron chi connectivity index (χ3n) is 3.60. The molecular weight excluding hydrogens is 296 g/mol. The zero-order chi connectivity index (χ0) is 15.6. The third-order valence-corrected chi connectivity index (χ3v) is 5.08. The maximum absolute atomic E-state index is 12.2. The van der Waals surface area contributed by atoms with E-state index >= 15 is 0 Å². The summed E-state index contributed by atoms with van der Waals surface area (Å²) in [5.74, 6) is 0. The average molecular weight is 314 g/mol. The maximum Gasteiger partial charge on any atom is 0.240 e. The van der Waals surface area contributed by atoms with Crippen LogP contribution >= 0.6 is 0 Å². The van der Waals surface area contributed by atoms with Gasteiger partial charge in [0.1, 0.15) is 0 Å². The summed E-state index contributed by atoms with van der Waals surface area (Å²) in [6.45, 7) is 2.29. The predicted octanol–water partition coefficient (Wildman–Crippen LogP) is 3.00. The molecule has 5 heteroatoms. The van der Waals surface area contributed by atoms with Crippen LogP contribution in [0.4, 0.5) is 0 Å². The van der Waals surface area contributed by atoms with Crippen molar-refractivity contribution < 1.29 is 8.42 Å². The van der Waals surface area contributed by atoms with Crippen LogP contribution in [0, 0.1) is 6.92 Å². The Kier molecular flexibility index (Phi) is 4.00. The van der Waals surface area contributed by atoms with Crippen LogP contribution in [0.3, 0.4) is 0 Å². The molecule has 0 radical (unpaired) electrons. The van der Waals surface area contributed by atoms with Crippen molar-refractivity contribution in [2.45, 2.75) is 18.2 Å². The number of sulfonamides is 1. The Morgan fingerprint density at radius 2 is 1.77 bits per heavy atom. The van der Waals surface area contributed by atoms with Gasteiger partial charge in [0.15, 0.2) is 0 Å². The Hall–Kier alpha value is -2.11. The van der Waals surface area contributed by atoms with Gasteiger partial charge in [-0.25, -0.2) is 13.1 Å². The average Bonchev–Trinajstić information content (AvgIpc) is 2.90. The number of para-hydroxylation sites is 1. The maximum atomic E-state index is 12.2. The topological polar surface area (TPSA) is 62.0 Å². The first-order valence-electron chi connectivity index (χ1n) is 7.17. The predicted molar refractivity (Wildman–Crippen MR) is 88.4 cm³/mol. The molecule has 3 rings (SSSR count). The van der Waals surface area contributed by atoms with E-state index in [2.05, 4.69) is 15.8 Å². The van der Waals surface area contributed by atoms with Crippen molar-refractivity contribution >= 4 is 20.9 Å². The molecule has 1 aromatic heterocycles. The molecular formula is C17H18N2O2S. The zero-order valence-corrected chi connectivity index (χ0v) is 13.2. The lowest BCUT2D eigenvalue weighted by Gasteiger charge is -2.06. The number of aryl methyl sites for hydroxylation is 1. The van der Waals surface area contributed by atoms with Crippen LogP contribution in [0.2, 0.25) is 0 Å². The zero-order valence-electron chi connectivity index (χ0n) is 12.3. The van der Waals surface area contributed by atoms with Crippen LogP contribution in [0.25, 0.3) is 10.9 Å². The van der Waals surface area contributed by atoms with E-state index in [1.807, 2.05) is 31.2 Å². The Balaban J connectivity index is 1.65. The molecule has 2 aromatic carbocycles. The molecule has 22 heavy (non-hydrogen) atoms. The summed E-state index contributed by atoms with van der Waals surface area (Å²) in [4.78, 5) is 3.59. The van der Waals surface area contributed by atoms with E-state index in [1.165, 1.54) is 0 Å². The second kappa shape index (κ2) is 5.94. The fourth-order valence-corrected chi connectivity index (χ4v) is 3.42. The van der Waals surface area contributed by atoms with Crippen molar-refractivity contribution in [2.24, 2.45) is 0 Å². The second-order valence-electron chi connectivity index (χ2n) is 5.34. The number of H-pyrrole nitrogens is 1. The lowest BCUT2D eigenvalue weighted by atomic mass is 10.2. The van der Waals surface area contributed by atoms with Gasteiger partial charge in [0.25, 0.3) is 0 Å². The quantitative estimate of drug-likeness (QED) is 0.760. The minimum Gasteiger partial charge on any atom is -0.358 e. The molecule has 3 aromatic rings. The summed E-state index contributed by atoms with van der Waals surface area (Å²) >= 11 is 0. The minimum absolute atomic E-state index is 0.301. The van der Waals surface area contributed by atoms with Crippen molar-refractivity contribution in [2.75, 3.05) is 6.54 Å². The summed E-state index contributed by atoms with van der Waals surface area (Å²) in [5.41, 5.74) is 3.13. The highest BCUT2D eigenvalue weighted by molar-refractivity contribution is 7.89. The Labute approximate surface area is 130 Å². The molecule has 0 bridgehead atoms. The summed E-state index contributed by atoms with van der Waals surface area (Å²) in [6, 6.07) is 16.9. The molecule has 0 atom stereocenters. The van der Waals surface area contributed by atoms with Crippen molar-refractivity contribution in [3.05, 3.63) is 65.9 Å². The number of aromatic nitrogens is 1. The third kappa shape index (κ3) is 3.21. The van der Waals surface area contributed by atoms with Gasteiger partial charge in [0, 0.05) is 24.2 Å². The Morgan fingerprint density at radius 1 is 1.05 bits per heavy atom. The number of nitrogens with one attached hydrogen (secondary N) is 2. The summed E-state index contributed by atoms with van der Waals surface area (Å²) in [6.07, 6.45) is 0.625. The van der Waals surface area contributed by atoms with Gasteiger partial charge < -0.3 is 4.98 Å². The fourth-order valence-electron chi connectivity index (χ4n) is 2.39. The number of aromatic amines is 1. The Morgan fingerprint density at radius 3 is 2.50 bits per heavy atom. The lowest BCUT2D eigenvalue weighted by Crippen LogP contribution is -2.26. The number of rotatable bonds is 5. The van der Waals surface area contributed by atoms with E-state index in [0.717, 1.165) is 22.2 Å². The number of benzene rings is 2. The molecule has 0 fully saturated rings. The van der Waals surface area contributed by atoms with Crippen LogP contribution in [-0.2, 0) is 16.4 Å². The second-order valence-corrected chi connectivity index (χ2v) is 7.11. The van der Waals surface area contributed by atoms with Crippen molar-refractivity contribution in [3.63, 3.8) is 0 Å². The van der Waals surface area contributed by atoms with Gasteiger partial charge >= 0.3 is 0 Å². The monoisotopic (exact) mass is 314 g/mol. The van der Waals surface area contributed by atoms with E-state index in [0.29, 0.717) is 17.9 Å². The van der Waals surface area contributed by atoms with Gasteiger partial charge in [-0.2, -0.15) is 0 Å². The summed E-state index contributed by atoms with van der Waals surface area (Å²) < 4.78 is 27.0. The highest BCUT2D eigenvalue weighted by atomic mass is 32.2. The standard InChI is InChI=1S/C17H18N2O2S/c1-13-6-8-16(9-7-13)22(20,21)18-11-10-15-12-14-4-2-3-5-17(14)19-15/h2-9,12,18-19H,10-11H2,1H3. The normalized spacial score (nSPS) is 11.9. The van der Waals surface area contributed by atoms with Gasteiger partial charge in [-0.1, -0.05) is 35.9 Å². The summed E-state index contributed by atoms with van der Waals surface area (Å²) in [5, 5.41) is 1.14. The molecule has 0 saturated carbocycles. The van der Waals surface area contributed by atoms with Crippen LogP contribution < -0.4 is 4.72 Å². The lowest BCUT2D eigenvalue weighted by molar-refractivity contribution is 0.581. The molecule has 0 spiro atoms. The van der Waals surface area contributed by atoms with Crippen molar-refractivity contribution in [1.82, 2.24) is 9.71 Å². The molecule has 0 amide bonds. The highest BCUT2D eigenvalue weighted by Crippen LogP contribution is 2.15. The van der Waals surface area contributed by atoms with Crippen LogP contribution in [-0.4, -0.2) is 19.9 Å². The molecule has 0 unspecified atom stereocenters. The molecule has 0 aliphatic rings. The molecule has 0 aliphatic heterocycles. The summed E-state index contributed by atoms with van der Waals surface area (Å²) in [7, 11) is -3.44. The number of hydrogen-bond donors (Lipinski definition) is 2. The largest absolute Gasteiger partial charge is 0.358 e. The molecule has 1 heterocycles. The molecule has 4 nitrogen and oxygen atoms in total. The van der Waals surface area contributed by atoms with Crippen molar-refractivity contribution in [3.8, 4) is 0 Å². The highest BCUT2D eigenvalue weighted by Gasteiger charge is 2.13. The van der Waals surface area contributed by atoms with Gasteiger partial charge in [-0.05, 0) is 36.6 Å². The van der Waals surface area contributed by atoms with Crippen molar-refractivity contribution in [1.29, 1.82) is 0 Å². The van der Waals surface area contributed by atoms with Gasteiger partial charge in [-0.3, -0.25) is 0 Å². The first kappa shape index (κ1) is 14.8. The number of hydrogen-bond acceptors (Lipinski definition) is 2. The number of fused-ring (bicyclic) bond motifs is 1. The first-order valence-corrected chi connectivity index (χ1v) is 8.66. The van der Waals surface area contributed by atoms with Crippen LogP contribution in [0.5, 0.6) is 0 Å². The van der Waals surface area contributed by atoms with E-state index in [9.17, 15) is 8.42 Å². The van der Waals surface area contributed by atoms with E-state index in [1.54, 1.807) is 24.3 Å². The first-order chi connectivity index (χ1) is 10.5. The minimum atomic E-state index is -3.44. The SMILES string of the molecule is Cc1ccc(S(=O)(=O)NCCc2cc3ccccc3[nH]2)cc1. The Bertz CT molecular complexity index is 847. The van der Waals surface area contributed by atoms with Crippen LogP contribution in [0.1, 0.15) is 11.3 Å². The molecule has 0 aliphatic carbocycles. The van der Waals surface area contributed by atoms with E-state index < -0.39 is 10.0 Å². The van der Waals surface area contributed by atoms with Crippen LogP contribution in [0.15, 0.2) is 59.5 Å². The smallest absolute Gasteiger partial charge is 0.240 e. The molecule has 0 saturated heterocycles.